The molecule has 7 nitrogen and oxygen atoms in total. The Kier molecular flexibility index (Phi) is 5.50. The first-order valence-corrected chi connectivity index (χ1v) is 8.15. The Hall–Kier alpha value is -2.90. The van der Waals surface area contributed by atoms with Crippen molar-refractivity contribution < 1.29 is 14.3 Å². The number of anilines is 1. The summed E-state index contributed by atoms with van der Waals surface area (Å²) in [4.78, 5) is 28.0. The molecule has 1 N–H and O–H groups in total. The minimum Gasteiger partial charge on any atom is -0.452 e. The number of benzene rings is 2. The smallest absolute Gasteiger partial charge is 0.338 e. The average molecular weight is 391 g/mol. The first kappa shape index (κ1) is 17.9. The molecular weight excluding hydrogens is 379 g/mol. The van der Waals surface area contributed by atoms with Gasteiger partial charge in [-0.15, -0.1) is 0 Å². The minimum absolute atomic E-state index is 0.261. The number of nitrogens with one attached hydrogen (secondary N) is 1. The molecule has 26 heavy (non-hydrogen) atoms. The minimum atomic E-state index is -0.648. The highest BCUT2D eigenvalue weighted by molar-refractivity contribution is 6.31. The molecule has 132 valence electrons. The summed E-state index contributed by atoms with van der Waals surface area (Å²) in [6, 6.07) is 11.2. The van der Waals surface area contributed by atoms with Gasteiger partial charge >= 0.3 is 5.97 Å². The Labute approximate surface area is 158 Å². The van der Waals surface area contributed by atoms with Crippen LogP contribution in [0.3, 0.4) is 0 Å². The fourth-order valence-corrected chi connectivity index (χ4v) is 2.52. The van der Waals surface area contributed by atoms with Gasteiger partial charge in [-0.05, 0) is 36.4 Å². The molecule has 1 aromatic heterocycles. The van der Waals surface area contributed by atoms with Crippen LogP contribution in [0.1, 0.15) is 10.4 Å². The van der Waals surface area contributed by atoms with Gasteiger partial charge < -0.3 is 10.1 Å². The summed E-state index contributed by atoms with van der Waals surface area (Å²) >= 11 is 11.8. The van der Waals surface area contributed by atoms with Gasteiger partial charge in [0, 0.05) is 10.0 Å². The molecule has 2 aromatic carbocycles. The molecule has 1 amide bonds. The Morgan fingerprint density at radius 3 is 2.65 bits per heavy atom. The van der Waals surface area contributed by atoms with Crippen molar-refractivity contribution in [3.05, 3.63) is 70.7 Å². The fourth-order valence-electron chi connectivity index (χ4n) is 2.16. The van der Waals surface area contributed by atoms with Gasteiger partial charge in [-0.1, -0.05) is 29.3 Å². The third-order valence-corrected chi connectivity index (χ3v) is 3.76. The maximum Gasteiger partial charge on any atom is 0.338 e. The third kappa shape index (κ3) is 4.38. The van der Waals surface area contributed by atoms with Gasteiger partial charge in [0.2, 0.25) is 0 Å². The summed E-state index contributed by atoms with van der Waals surface area (Å²) in [6.45, 7) is -0.464. The zero-order chi connectivity index (χ0) is 18.5. The number of hydrogen-bond donors (Lipinski definition) is 1. The number of halogens is 2. The van der Waals surface area contributed by atoms with Crippen molar-refractivity contribution in [3.8, 4) is 5.69 Å². The van der Waals surface area contributed by atoms with E-state index >= 15 is 0 Å². The number of esters is 1. The molecule has 3 aromatic rings. The molecule has 9 heteroatoms. The largest absolute Gasteiger partial charge is 0.452 e. The standard InChI is InChI=1S/C17H12Cl2N4O3/c18-12-3-1-2-11(6-12)17(25)26-8-16(24)22-14-7-13(19)4-5-15(14)23-10-20-9-21-23/h1-7,9-10H,8H2,(H,22,24). The molecule has 0 atom stereocenters. The van der Waals surface area contributed by atoms with Crippen LogP contribution >= 0.6 is 23.2 Å². The van der Waals surface area contributed by atoms with E-state index in [0.29, 0.717) is 21.4 Å². The topological polar surface area (TPSA) is 86.1 Å². The second-order valence-electron chi connectivity index (χ2n) is 5.14. The van der Waals surface area contributed by atoms with E-state index in [0.717, 1.165) is 0 Å². The van der Waals surface area contributed by atoms with Gasteiger partial charge in [0.25, 0.3) is 5.91 Å². The van der Waals surface area contributed by atoms with E-state index in [1.54, 1.807) is 36.4 Å². The van der Waals surface area contributed by atoms with Crippen LogP contribution in [0.5, 0.6) is 0 Å². The number of nitrogens with zero attached hydrogens (tertiary/aromatic N) is 3. The van der Waals surface area contributed by atoms with Gasteiger partial charge in [-0.3, -0.25) is 4.79 Å². The summed E-state index contributed by atoms with van der Waals surface area (Å²) < 4.78 is 6.48. The molecule has 1 heterocycles. The number of rotatable bonds is 5. The zero-order valence-corrected chi connectivity index (χ0v) is 14.7. The summed E-state index contributed by atoms with van der Waals surface area (Å²) in [5, 5.41) is 7.50. The zero-order valence-electron chi connectivity index (χ0n) is 13.2. The normalized spacial score (nSPS) is 10.4. The molecule has 0 aliphatic heterocycles. The van der Waals surface area contributed by atoms with E-state index in [9.17, 15) is 9.59 Å². The molecule has 0 saturated carbocycles. The van der Waals surface area contributed by atoms with Gasteiger partial charge in [0.1, 0.15) is 12.7 Å². The molecule has 0 aliphatic carbocycles. The predicted octanol–water partition coefficient (Wildman–Crippen LogP) is 3.37. The number of ether oxygens (including phenoxy) is 1. The first-order valence-electron chi connectivity index (χ1n) is 7.40. The molecule has 0 fully saturated rings. The Morgan fingerprint density at radius 2 is 1.92 bits per heavy atom. The quantitative estimate of drug-likeness (QED) is 0.674. The third-order valence-electron chi connectivity index (χ3n) is 3.29. The second kappa shape index (κ2) is 7.99. The lowest BCUT2D eigenvalue weighted by Crippen LogP contribution is -2.21. The van der Waals surface area contributed by atoms with E-state index in [-0.39, 0.29) is 5.56 Å². The highest BCUT2D eigenvalue weighted by Gasteiger charge is 2.13. The Balaban J connectivity index is 1.67. The van der Waals surface area contributed by atoms with Crippen LogP contribution in [-0.4, -0.2) is 33.2 Å². The molecular formula is C17H12Cl2N4O3. The van der Waals surface area contributed by atoms with Crippen molar-refractivity contribution in [1.29, 1.82) is 0 Å². The van der Waals surface area contributed by atoms with Gasteiger partial charge in [0.15, 0.2) is 6.61 Å². The van der Waals surface area contributed by atoms with Crippen LogP contribution in [-0.2, 0) is 9.53 Å². The SMILES string of the molecule is O=C(COC(=O)c1cccc(Cl)c1)Nc1cc(Cl)ccc1-n1cncn1. The van der Waals surface area contributed by atoms with Crippen LogP contribution in [0.4, 0.5) is 5.69 Å². The lowest BCUT2D eigenvalue weighted by atomic mass is 10.2. The lowest BCUT2D eigenvalue weighted by molar-refractivity contribution is -0.119. The second-order valence-corrected chi connectivity index (χ2v) is 6.01. The van der Waals surface area contributed by atoms with E-state index < -0.39 is 18.5 Å². The summed E-state index contributed by atoms with van der Waals surface area (Å²) in [5.41, 5.74) is 1.24. The highest BCUT2D eigenvalue weighted by atomic mass is 35.5. The van der Waals surface area contributed by atoms with Crippen molar-refractivity contribution >= 4 is 40.8 Å². The molecule has 0 spiro atoms. The van der Waals surface area contributed by atoms with Crippen molar-refractivity contribution in [1.82, 2.24) is 14.8 Å². The fraction of sp³-hybridized carbons (Fsp3) is 0.0588. The maximum atomic E-state index is 12.1. The molecule has 0 bridgehead atoms. The van der Waals surface area contributed by atoms with Crippen LogP contribution in [0.2, 0.25) is 10.0 Å². The molecule has 0 saturated heterocycles. The van der Waals surface area contributed by atoms with Crippen molar-refractivity contribution in [3.63, 3.8) is 0 Å². The molecule has 0 unspecified atom stereocenters. The van der Waals surface area contributed by atoms with Crippen LogP contribution in [0.25, 0.3) is 5.69 Å². The van der Waals surface area contributed by atoms with Crippen molar-refractivity contribution in [2.24, 2.45) is 0 Å². The molecule has 0 aliphatic rings. The van der Waals surface area contributed by atoms with Crippen molar-refractivity contribution in [2.45, 2.75) is 0 Å². The lowest BCUT2D eigenvalue weighted by Gasteiger charge is -2.11. The van der Waals surface area contributed by atoms with Gasteiger partial charge in [-0.2, -0.15) is 5.10 Å². The number of amides is 1. The van der Waals surface area contributed by atoms with E-state index in [2.05, 4.69) is 15.4 Å². The predicted molar refractivity (Wildman–Crippen MR) is 96.7 cm³/mol. The van der Waals surface area contributed by atoms with Gasteiger partial charge in [0.05, 0.1) is 16.9 Å². The molecule has 3 rings (SSSR count). The van der Waals surface area contributed by atoms with Gasteiger partial charge in [-0.25, -0.2) is 14.5 Å². The van der Waals surface area contributed by atoms with Crippen LogP contribution in [0, 0.1) is 0 Å². The average Bonchev–Trinajstić information content (AvgIpc) is 3.14. The monoisotopic (exact) mass is 390 g/mol. The van der Waals surface area contributed by atoms with E-state index in [4.69, 9.17) is 27.9 Å². The van der Waals surface area contributed by atoms with Crippen LogP contribution < -0.4 is 5.32 Å². The number of hydrogen-bond acceptors (Lipinski definition) is 5. The summed E-state index contributed by atoms with van der Waals surface area (Å²) in [7, 11) is 0. The number of carbonyl (C=O) groups excluding carboxylic acids is 2. The van der Waals surface area contributed by atoms with Crippen LogP contribution in [0.15, 0.2) is 55.1 Å². The van der Waals surface area contributed by atoms with E-state index in [1.807, 2.05) is 0 Å². The Morgan fingerprint density at radius 1 is 1.12 bits per heavy atom. The number of carbonyl (C=O) groups is 2. The Bertz CT molecular complexity index is 945. The van der Waals surface area contributed by atoms with E-state index in [1.165, 1.54) is 23.4 Å². The first-order chi connectivity index (χ1) is 12.5. The maximum absolute atomic E-state index is 12.1. The summed E-state index contributed by atoms with van der Waals surface area (Å²) in [5.74, 6) is -1.17. The summed E-state index contributed by atoms with van der Waals surface area (Å²) in [6.07, 6.45) is 2.85. The highest BCUT2D eigenvalue weighted by Crippen LogP contribution is 2.24. The number of aromatic nitrogens is 3. The van der Waals surface area contributed by atoms with Crippen molar-refractivity contribution in [2.75, 3.05) is 11.9 Å². The molecule has 0 radical (unpaired) electrons.